The second-order valence-corrected chi connectivity index (χ2v) is 9.51. The van der Waals surface area contributed by atoms with E-state index in [4.69, 9.17) is 4.99 Å². The highest BCUT2D eigenvalue weighted by atomic mass is 15.3. The molecule has 1 fully saturated rings. The zero-order valence-corrected chi connectivity index (χ0v) is 18.5. The lowest BCUT2D eigenvalue weighted by atomic mass is 9.90. The van der Waals surface area contributed by atoms with Crippen molar-refractivity contribution in [3.05, 3.63) is 53.6 Å². The van der Waals surface area contributed by atoms with Crippen LogP contribution < -0.4 is 5.32 Å². The number of piperazine rings is 1. The number of hydrogen-bond acceptors (Lipinski definition) is 4. The predicted octanol–water partition coefficient (Wildman–Crippen LogP) is 5.57. The summed E-state index contributed by atoms with van der Waals surface area (Å²) < 4.78 is 0. The molecule has 0 unspecified atom stereocenters. The van der Waals surface area contributed by atoms with Gasteiger partial charge in [-0.05, 0) is 57.4 Å². The summed E-state index contributed by atoms with van der Waals surface area (Å²) in [5.74, 6) is 1.81. The molecule has 4 rings (SSSR count). The van der Waals surface area contributed by atoms with Crippen molar-refractivity contribution in [2.75, 3.05) is 31.5 Å². The standard InChI is InChI=1S/C25H34N4/c1-18(2)17-25(4,5)29-14-12-28(13-15-29)24-20-16-19(3)10-11-21(20)26-22-8-6-7-9-23(22)27-24/h6-11,16,18,26H,12-15,17H2,1-5H3. The fraction of sp³-hybridized carbons (Fsp3) is 0.480. The lowest BCUT2D eigenvalue weighted by Crippen LogP contribution is -2.56. The van der Waals surface area contributed by atoms with E-state index in [0.717, 1.165) is 49.1 Å². The van der Waals surface area contributed by atoms with Crippen LogP contribution in [0.4, 0.5) is 17.1 Å². The fourth-order valence-electron chi connectivity index (χ4n) is 4.84. The highest BCUT2D eigenvalue weighted by Gasteiger charge is 2.32. The number of nitrogens with one attached hydrogen (secondary N) is 1. The van der Waals surface area contributed by atoms with Crippen LogP contribution >= 0.6 is 0 Å². The first-order valence-electron chi connectivity index (χ1n) is 10.9. The van der Waals surface area contributed by atoms with E-state index in [1.807, 2.05) is 0 Å². The van der Waals surface area contributed by atoms with Crippen molar-refractivity contribution in [2.24, 2.45) is 10.9 Å². The van der Waals surface area contributed by atoms with Gasteiger partial charge in [-0.3, -0.25) is 4.90 Å². The van der Waals surface area contributed by atoms with Gasteiger partial charge in [0.25, 0.3) is 0 Å². The van der Waals surface area contributed by atoms with E-state index < -0.39 is 0 Å². The van der Waals surface area contributed by atoms with E-state index in [0.29, 0.717) is 5.92 Å². The number of para-hydroxylation sites is 2. The second kappa shape index (κ2) is 7.83. The third-order valence-electron chi connectivity index (χ3n) is 6.16. The van der Waals surface area contributed by atoms with Gasteiger partial charge in [0.15, 0.2) is 0 Å². The maximum Gasteiger partial charge on any atom is 0.138 e. The van der Waals surface area contributed by atoms with Gasteiger partial charge in [0, 0.05) is 43.0 Å². The molecule has 0 bridgehead atoms. The van der Waals surface area contributed by atoms with Crippen LogP contribution in [0.15, 0.2) is 47.5 Å². The molecule has 2 aliphatic rings. The molecular weight excluding hydrogens is 356 g/mol. The topological polar surface area (TPSA) is 30.9 Å². The van der Waals surface area contributed by atoms with E-state index in [1.165, 1.54) is 17.5 Å². The molecule has 1 saturated heterocycles. The average Bonchev–Trinajstić information content (AvgIpc) is 2.83. The molecule has 0 saturated carbocycles. The van der Waals surface area contributed by atoms with Gasteiger partial charge in [0.1, 0.15) is 5.84 Å². The molecule has 2 aromatic rings. The number of anilines is 2. The number of aliphatic imine (C=N–C) groups is 1. The molecule has 0 aromatic heterocycles. The molecule has 29 heavy (non-hydrogen) atoms. The largest absolute Gasteiger partial charge is 0.353 e. The third-order valence-corrected chi connectivity index (χ3v) is 6.16. The Morgan fingerprint density at radius 3 is 2.45 bits per heavy atom. The molecule has 0 aliphatic carbocycles. The van der Waals surface area contributed by atoms with E-state index in [1.54, 1.807) is 0 Å². The van der Waals surface area contributed by atoms with Gasteiger partial charge in [-0.1, -0.05) is 37.6 Å². The SMILES string of the molecule is Cc1ccc2c(c1)C(N1CCN(C(C)(C)CC(C)C)CC1)=Nc1ccccc1N2. The Labute approximate surface area is 175 Å². The van der Waals surface area contributed by atoms with Crippen LogP contribution in [-0.2, 0) is 0 Å². The average molecular weight is 391 g/mol. The Bertz CT molecular complexity index is 905. The van der Waals surface area contributed by atoms with E-state index in [9.17, 15) is 0 Å². The van der Waals surface area contributed by atoms with Gasteiger partial charge in [0.2, 0.25) is 0 Å². The lowest BCUT2D eigenvalue weighted by molar-refractivity contribution is 0.0607. The number of fused-ring (bicyclic) bond motifs is 2. The Morgan fingerprint density at radius 2 is 1.72 bits per heavy atom. The van der Waals surface area contributed by atoms with Crippen molar-refractivity contribution in [1.29, 1.82) is 0 Å². The molecule has 154 valence electrons. The minimum Gasteiger partial charge on any atom is -0.353 e. The van der Waals surface area contributed by atoms with Crippen LogP contribution in [-0.4, -0.2) is 47.4 Å². The van der Waals surface area contributed by atoms with Gasteiger partial charge in [-0.25, -0.2) is 4.99 Å². The Morgan fingerprint density at radius 1 is 1.00 bits per heavy atom. The van der Waals surface area contributed by atoms with E-state index in [2.05, 4.69) is 92.2 Å². The summed E-state index contributed by atoms with van der Waals surface area (Å²) in [6, 6.07) is 15.0. The minimum atomic E-state index is 0.244. The second-order valence-electron chi connectivity index (χ2n) is 9.51. The number of amidine groups is 1. The molecule has 1 N–H and O–H groups in total. The zero-order valence-electron chi connectivity index (χ0n) is 18.5. The molecule has 0 radical (unpaired) electrons. The van der Waals surface area contributed by atoms with Crippen molar-refractivity contribution in [3.63, 3.8) is 0 Å². The first-order chi connectivity index (χ1) is 13.8. The molecule has 2 heterocycles. The van der Waals surface area contributed by atoms with Crippen LogP contribution in [0.5, 0.6) is 0 Å². The highest BCUT2D eigenvalue weighted by Crippen LogP contribution is 2.35. The molecular formula is C25H34N4. The van der Waals surface area contributed by atoms with E-state index >= 15 is 0 Å². The highest BCUT2D eigenvalue weighted by molar-refractivity contribution is 6.07. The molecule has 0 amide bonds. The molecule has 2 aliphatic heterocycles. The number of benzene rings is 2. The Balaban J connectivity index is 1.63. The van der Waals surface area contributed by atoms with Crippen molar-refractivity contribution < 1.29 is 0 Å². The fourth-order valence-corrected chi connectivity index (χ4v) is 4.84. The predicted molar refractivity (Wildman–Crippen MR) is 124 cm³/mol. The summed E-state index contributed by atoms with van der Waals surface area (Å²) in [4.78, 5) is 10.3. The molecule has 4 nitrogen and oxygen atoms in total. The van der Waals surface area contributed by atoms with Gasteiger partial charge in [0.05, 0.1) is 11.4 Å². The van der Waals surface area contributed by atoms with Gasteiger partial charge in [-0.2, -0.15) is 0 Å². The summed E-state index contributed by atoms with van der Waals surface area (Å²) >= 11 is 0. The maximum atomic E-state index is 5.14. The monoisotopic (exact) mass is 390 g/mol. The zero-order chi connectivity index (χ0) is 20.6. The number of hydrogen-bond donors (Lipinski definition) is 1. The normalized spacial score (nSPS) is 17.3. The number of rotatable bonds is 3. The smallest absolute Gasteiger partial charge is 0.138 e. The number of aryl methyl sites for hydroxylation is 1. The molecule has 2 aromatic carbocycles. The number of nitrogens with zero attached hydrogens (tertiary/aromatic N) is 3. The Hall–Kier alpha value is -2.33. The third kappa shape index (κ3) is 4.18. The van der Waals surface area contributed by atoms with Crippen LogP contribution in [0.1, 0.15) is 45.2 Å². The molecule has 4 heteroatoms. The quantitative estimate of drug-likeness (QED) is 0.743. The van der Waals surface area contributed by atoms with Gasteiger partial charge in [-0.15, -0.1) is 0 Å². The van der Waals surface area contributed by atoms with Gasteiger partial charge >= 0.3 is 0 Å². The summed E-state index contributed by atoms with van der Waals surface area (Å²) in [6.07, 6.45) is 1.23. The van der Waals surface area contributed by atoms with Gasteiger partial charge < -0.3 is 10.2 Å². The first kappa shape index (κ1) is 20.0. The van der Waals surface area contributed by atoms with Crippen molar-refractivity contribution in [2.45, 2.75) is 46.6 Å². The maximum absolute atomic E-state index is 5.14. The van der Waals surface area contributed by atoms with Crippen LogP contribution in [0.2, 0.25) is 0 Å². The lowest BCUT2D eigenvalue weighted by Gasteiger charge is -2.45. The van der Waals surface area contributed by atoms with Crippen LogP contribution in [0.3, 0.4) is 0 Å². The summed E-state index contributed by atoms with van der Waals surface area (Å²) in [7, 11) is 0. The van der Waals surface area contributed by atoms with E-state index in [-0.39, 0.29) is 5.54 Å². The first-order valence-corrected chi connectivity index (χ1v) is 10.9. The Kier molecular flexibility index (Phi) is 5.39. The molecule has 0 atom stereocenters. The minimum absolute atomic E-state index is 0.244. The van der Waals surface area contributed by atoms with Crippen molar-refractivity contribution >= 4 is 22.9 Å². The summed E-state index contributed by atoms with van der Waals surface area (Å²) in [5, 5.41) is 3.60. The summed E-state index contributed by atoms with van der Waals surface area (Å²) in [5.41, 5.74) is 5.94. The van der Waals surface area contributed by atoms with Crippen molar-refractivity contribution in [1.82, 2.24) is 9.80 Å². The van der Waals surface area contributed by atoms with Crippen LogP contribution in [0, 0.1) is 12.8 Å². The van der Waals surface area contributed by atoms with Crippen LogP contribution in [0.25, 0.3) is 0 Å². The summed E-state index contributed by atoms with van der Waals surface area (Å²) in [6.45, 7) is 15.8. The molecule has 0 spiro atoms. The van der Waals surface area contributed by atoms with Crippen molar-refractivity contribution in [3.8, 4) is 0 Å².